The Morgan fingerprint density at radius 2 is 1.96 bits per heavy atom. The molecule has 2 fully saturated rings. The molecule has 2 aromatic rings. The molecule has 2 saturated heterocycles. The molecule has 4 rings (SSSR count). The van der Waals surface area contributed by atoms with Gasteiger partial charge in [0.15, 0.2) is 0 Å². The Morgan fingerprint density at radius 1 is 1.21 bits per heavy atom. The topological polar surface area (TPSA) is 88.8 Å². The molecule has 28 heavy (non-hydrogen) atoms. The lowest BCUT2D eigenvalue weighted by molar-refractivity contribution is 0.00317. The van der Waals surface area contributed by atoms with Gasteiger partial charge >= 0.3 is 6.09 Å². The third-order valence-electron chi connectivity index (χ3n) is 5.63. The number of rotatable bonds is 2. The SMILES string of the molecule is Cc1nc(N)ccc1-c1cccc(C(=O)N2CCC3(CC2)CN(C)C(=O)O3)c1. The van der Waals surface area contributed by atoms with E-state index in [1.807, 2.05) is 42.2 Å². The number of nitrogens with two attached hydrogens (primary N) is 1. The van der Waals surface area contributed by atoms with Crippen molar-refractivity contribution in [1.29, 1.82) is 0 Å². The van der Waals surface area contributed by atoms with Crippen LogP contribution in [0.4, 0.5) is 10.6 Å². The quantitative estimate of drug-likeness (QED) is 0.865. The monoisotopic (exact) mass is 380 g/mol. The van der Waals surface area contributed by atoms with E-state index in [2.05, 4.69) is 4.98 Å². The molecule has 0 atom stereocenters. The summed E-state index contributed by atoms with van der Waals surface area (Å²) < 4.78 is 5.57. The van der Waals surface area contributed by atoms with E-state index in [1.165, 1.54) is 0 Å². The Hall–Kier alpha value is -3.09. The number of pyridine rings is 1. The standard InChI is InChI=1S/C21H24N4O3/c1-14-17(6-7-18(22)23-14)15-4-3-5-16(12-15)19(26)25-10-8-21(9-11-25)13-24(2)20(27)28-21/h3-7,12H,8-11,13H2,1-2H3,(H2,22,23). The molecule has 3 heterocycles. The molecule has 0 radical (unpaired) electrons. The van der Waals surface area contributed by atoms with Gasteiger partial charge in [-0.25, -0.2) is 9.78 Å². The average molecular weight is 380 g/mol. The van der Waals surface area contributed by atoms with Crippen LogP contribution in [0, 0.1) is 6.92 Å². The Bertz CT molecular complexity index is 935. The lowest BCUT2D eigenvalue weighted by Crippen LogP contribution is -2.48. The number of piperidine rings is 1. The van der Waals surface area contributed by atoms with Gasteiger partial charge in [-0.2, -0.15) is 0 Å². The van der Waals surface area contributed by atoms with Gasteiger partial charge in [-0.3, -0.25) is 4.79 Å². The fourth-order valence-corrected chi connectivity index (χ4v) is 4.06. The van der Waals surface area contributed by atoms with Gasteiger partial charge in [-0.1, -0.05) is 12.1 Å². The minimum atomic E-state index is -0.447. The van der Waals surface area contributed by atoms with E-state index in [0.29, 0.717) is 43.9 Å². The summed E-state index contributed by atoms with van der Waals surface area (Å²) in [4.78, 5) is 32.5. The summed E-state index contributed by atoms with van der Waals surface area (Å²) in [5.41, 5.74) is 8.67. The average Bonchev–Trinajstić information content (AvgIpc) is 2.95. The van der Waals surface area contributed by atoms with Crippen LogP contribution in [0.5, 0.6) is 0 Å². The Balaban J connectivity index is 1.50. The summed E-state index contributed by atoms with van der Waals surface area (Å²) in [5, 5.41) is 0. The molecule has 2 aliphatic rings. The van der Waals surface area contributed by atoms with Gasteiger partial charge in [0.25, 0.3) is 5.91 Å². The number of aryl methyl sites for hydroxylation is 1. The van der Waals surface area contributed by atoms with Crippen LogP contribution in [0.1, 0.15) is 28.9 Å². The molecule has 2 N–H and O–H groups in total. The molecule has 2 amide bonds. The second kappa shape index (κ2) is 6.82. The van der Waals surface area contributed by atoms with Crippen molar-refractivity contribution in [2.24, 2.45) is 0 Å². The Labute approximate surface area is 164 Å². The molecule has 7 heteroatoms. The molecule has 7 nitrogen and oxygen atoms in total. The maximum absolute atomic E-state index is 13.0. The minimum absolute atomic E-state index is 0.00423. The van der Waals surface area contributed by atoms with Crippen LogP contribution in [-0.2, 0) is 4.74 Å². The molecule has 0 saturated carbocycles. The van der Waals surface area contributed by atoms with Crippen LogP contribution in [0.2, 0.25) is 0 Å². The van der Waals surface area contributed by atoms with Crippen LogP contribution in [-0.4, -0.2) is 59.1 Å². The van der Waals surface area contributed by atoms with Crippen molar-refractivity contribution >= 4 is 17.8 Å². The molecule has 1 aromatic heterocycles. The van der Waals surface area contributed by atoms with Crippen molar-refractivity contribution in [1.82, 2.24) is 14.8 Å². The molecular formula is C21H24N4O3. The van der Waals surface area contributed by atoms with Crippen LogP contribution in [0.3, 0.4) is 0 Å². The largest absolute Gasteiger partial charge is 0.441 e. The van der Waals surface area contributed by atoms with Gasteiger partial charge in [-0.05, 0) is 36.8 Å². The molecular weight excluding hydrogens is 356 g/mol. The molecule has 0 bridgehead atoms. The van der Waals surface area contributed by atoms with E-state index in [9.17, 15) is 9.59 Å². The highest BCUT2D eigenvalue weighted by Crippen LogP contribution is 2.33. The predicted molar refractivity (Wildman–Crippen MR) is 106 cm³/mol. The van der Waals surface area contributed by atoms with E-state index >= 15 is 0 Å². The number of carbonyl (C=O) groups is 2. The first-order chi connectivity index (χ1) is 13.4. The maximum Gasteiger partial charge on any atom is 0.410 e. The number of likely N-dealkylation sites (N-methyl/N-ethyl adjacent to an activating group) is 1. The highest BCUT2D eigenvalue weighted by Gasteiger charge is 2.46. The lowest BCUT2D eigenvalue weighted by atomic mass is 9.91. The summed E-state index contributed by atoms with van der Waals surface area (Å²) in [5.74, 6) is 0.476. The van der Waals surface area contributed by atoms with E-state index in [1.54, 1.807) is 18.0 Å². The number of anilines is 1. The van der Waals surface area contributed by atoms with Gasteiger partial charge in [0.05, 0.1) is 6.54 Å². The summed E-state index contributed by atoms with van der Waals surface area (Å²) in [6.07, 6.45) is 1.05. The zero-order chi connectivity index (χ0) is 19.9. The van der Waals surface area contributed by atoms with Gasteiger partial charge in [0, 0.05) is 49.8 Å². The van der Waals surface area contributed by atoms with Crippen LogP contribution >= 0.6 is 0 Å². The second-order valence-corrected chi connectivity index (χ2v) is 7.65. The van der Waals surface area contributed by atoms with Gasteiger partial charge in [0.1, 0.15) is 11.4 Å². The van der Waals surface area contributed by atoms with E-state index in [-0.39, 0.29) is 12.0 Å². The highest BCUT2D eigenvalue weighted by molar-refractivity contribution is 5.95. The fourth-order valence-electron chi connectivity index (χ4n) is 4.06. The first-order valence-electron chi connectivity index (χ1n) is 9.44. The zero-order valence-electron chi connectivity index (χ0n) is 16.1. The first kappa shape index (κ1) is 18.3. The molecule has 1 spiro atoms. The van der Waals surface area contributed by atoms with Crippen molar-refractivity contribution in [3.8, 4) is 11.1 Å². The van der Waals surface area contributed by atoms with Crippen LogP contribution in [0.15, 0.2) is 36.4 Å². The van der Waals surface area contributed by atoms with Gasteiger partial charge in [-0.15, -0.1) is 0 Å². The third kappa shape index (κ3) is 3.28. The number of likely N-dealkylation sites (tertiary alicyclic amines) is 1. The normalized spacial score (nSPS) is 18.4. The van der Waals surface area contributed by atoms with E-state index in [0.717, 1.165) is 16.8 Å². The van der Waals surface area contributed by atoms with Crippen LogP contribution < -0.4 is 5.73 Å². The number of aromatic nitrogens is 1. The summed E-state index contributed by atoms with van der Waals surface area (Å²) in [6, 6.07) is 11.3. The molecule has 0 aliphatic carbocycles. The van der Waals surface area contributed by atoms with Crippen molar-refractivity contribution < 1.29 is 14.3 Å². The molecule has 2 aliphatic heterocycles. The second-order valence-electron chi connectivity index (χ2n) is 7.65. The van der Waals surface area contributed by atoms with Gasteiger partial charge in [0.2, 0.25) is 0 Å². The number of nitrogen functional groups attached to an aromatic ring is 1. The fraction of sp³-hybridized carbons (Fsp3) is 0.381. The Kier molecular flexibility index (Phi) is 4.45. The molecule has 0 unspecified atom stereocenters. The number of benzene rings is 1. The summed E-state index contributed by atoms with van der Waals surface area (Å²) >= 11 is 0. The van der Waals surface area contributed by atoms with Gasteiger partial charge < -0.3 is 20.3 Å². The Morgan fingerprint density at radius 3 is 2.61 bits per heavy atom. The number of carbonyl (C=O) groups excluding carboxylic acids is 2. The summed E-state index contributed by atoms with van der Waals surface area (Å²) in [7, 11) is 1.74. The van der Waals surface area contributed by atoms with Crippen LogP contribution in [0.25, 0.3) is 11.1 Å². The van der Waals surface area contributed by atoms with Crippen molar-refractivity contribution in [3.63, 3.8) is 0 Å². The number of hydrogen-bond donors (Lipinski definition) is 1. The van der Waals surface area contributed by atoms with E-state index in [4.69, 9.17) is 10.5 Å². The van der Waals surface area contributed by atoms with Crippen molar-refractivity contribution in [3.05, 3.63) is 47.7 Å². The lowest BCUT2D eigenvalue weighted by Gasteiger charge is -2.37. The maximum atomic E-state index is 13.0. The minimum Gasteiger partial charge on any atom is -0.441 e. The number of ether oxygens (including phenoxy) is 1. The predicted octanol–water partition coefficient (Wildman–Crippen LogP) is 2.70. The molecule has 1 aromatic carbocycles. The highest BCUT2D eigenvalue weighted by atomic mass is 16.6. The third-order valence-corrected chi connectivity index (χ3v) is 5.63. The zero-order valence-corrected chi connectivity index (χ0v) is 16.1. The number of nitrogens with zero attached hydrogens (tertiary/aromatic N) is 3. The van der Waals surface area contributed by atoms with E-state index < -0.39 is 5.60 Å². The number of hydrogen-bond acceptors (Lipinski definition) is 5. The first-order valence-corrected chi connectivity index (χ1v) is 9.44. The summed E-state index contributed by atoms with van der Waals surface area (Å²) in [6.45, 7) is 3.65. The molecule has 146 valence electrons. The smallest absolute Gasteiger partial charge is 0.410 e. The van der Waals surface area contributed by atoms with Crippen molar-refractivity contribution in [2.75, 3.05) is 32.4 Å². The van der Waals surface area contributed by atoms with Crippen molar-refractivity contribution in [2.45, 2.75) is 25.4 Å². The number of amides is 2.